The molecule has 0 bridgehead atoms. The average molecular weight is 559 g/mol. The van der Waals surface area contributed by atoms with Gasteiger partial charge in [-0.1, -0.05) is 6.42 Å². The van der Waals surface area contributed by atoms with E-state index in [4.69, 9.17) is 5.73 Å². The van der Waals surface area contributed by atoms with Crippen molar-refractivity contribution in [2.75, 3.05) is 26.0 Å². The second-order valence-corrected chi connectivity index (χ2v) is 11.1. The van der Waals surface area contributed by atoms with Crippen molar-refractivity contribution in [2.45, 2.75) is 49.8 Å². The number of rotatable bonds is 4. The Morgan fingerprint density at radius 1 is 1.20 bits per heavy atom. The van der Waals surface area contributed by atoms with Crippen LogP contribution in [0.2, 0.25) is 0 Å². The molecule has 5 rings (SSSR count). The summed E-state index contributed by atoms with van der Waals surface area (Å²) in [6.45, 7) is 0.627. The molecule has 0 radical (unpaired) electrons. The Labute approximate surface area is 228 Å². The van der Waals surface area contributed by atoms with Gasteiger partial charge in [0.05, 0.1) is 23.3 Å². The molecule has 12 nitrogen and oxygen atoms in total. The lowest BCUT2D eigenvalue weighted by Crippen LogP contribution is -2.65. The van der Waals surface area contributed by atoms with E-state index in [0.29, 0.717) is 13.0 Å². The molecule has 1 saturated carbocycles. The standard InChI is InChI=1S/C27H31FN4O8/c1-32(2)19-12-8-10-7-11-13(28)9-15(31-26(39)14-5-3-4-6-30-14)20(33)17(11)21(34)16(10)23(36)27(12,40)24(37)18(22(19)35)25(29)38/h9-10,12,14,19,30,33-34,37,40H,3-8H2,1-2H3,(H2,29,38)(H,31,39)/t10-,12-,14?,19-,27-/m0/s1. The molecule has 2 amide bonds. The number of Topliss-reactive ketones (excluding diaryl/α,β-unsaturated/α-hetero) is 2. The molecule has 1 unspecified atom stereocenters. The molecule has 0 spiro atoms. The van der Waals surface area contributed by atoms with E-state index in [9.17, 15) is 39.6 Å². The van der Waals surface area contributed by atoms with E-state index in [1.165, 1.54) is 19.0 Å². The molecule has 40 heavy (non-hydrogen) atoms. The van der Waals surface area contributed by atoms with E-state index < -0.39 is 92.7 Å². The summed E-state index contributed by atoms with van der Waals surface area (Å²) in [7, 11) is 2.98. The zero-order valence-corrected chi connectivity index (χ0v) is 22.0. The Morgan fingerprint density at radius 3 is 2.50 bits per heavy atom. The lowest BCUT2D eigenvalue weighted by atomic mass is 9.57. The minimum Gasteiger partial charge on any atom is -0.508 e. The Hall–Kier alpha value is -3.81. The number of nitrogens with two attached hydrogens (primary N) is 1. The number of halogens is 1. The average Bonchev–Trinajstić information content (AvgIpc) is 2.89. The van der Waals surface area contributed by atoms with Crippen molar-refractivity contribution < 1.29 is 44.0 Å². The molecule has 2 fully saturated rings. The highest BCUT2D eigenvalue weighted by Crippen LogP contribution is 2.53. The van der Waals surface area contributed by atoms with Gasteiger partial charge in [-0.3, -0.25) is 24.1 Å². The van der Waals surface area contributed by atoms with E-state index in [-0.39, 0.29) is 24.1 Å². The van der Waals surface area contributed by atoms with Crippen molar-refractivity contribution in [3.63, 3.8) is 0 Å². The SMILES string of the molecule is CN(C)[C@@H]1C(=O)C(C(N)=O)=C(O)[C@@]2(O)C(=O)C3=C(O)c4c(O)c(NC(=O)C5CCCCN5)cc(F)c4C[C@H]3C[C@@H]12. The monoisotopic (exact) mass is 558 g/mol. The van der Waals surface area contributed by atoms with Gasteiger partial charge < -0.3 is 36.8 Å². The number of piperidine rings is 1. The van der Waals surface area contributed by atoms with Crippen LogP contribution in [0.3, 0.4) is 0 Å². The Balaban J connectivity index is 1.62. The van der Waals surface area contributed by atoms with Crippen molar-refractivity contribution in [3.05, 3.63) is 39.9 Å². The molecule has 214 valence electrons. The number of carbonyl (C=O) groups excluding carboxylic acids is 4. The van der Waals surface area contributed by atoms with Crippen molar-refractivity contribution >= 4 is 34.8 Å². The second kappa shape index (κ2) is 9.68. The summed E-state index contributed by atoms with van der Waals surface area (Å²) in [4.78, 5) is 53.1. The fourth-order valence-corrected chi connectivity index (χ4v) is 6.66. The molecule has 1 aliphatic heterocycles. The van der Waals surface area contributed by atoms with Crippen molar-refractivity contribution in [1.29, 1.82) is 0 Å². The van der Waals surface area contributed by atoms with Crippen LogP contribution in [-0.4, -0.2) is 87.0 Å². The third-order valence-corrected chi connectivity index (χ3v) is 8.55. The Morgan fingerprint density at radius 2 is 1.90 bits per heavy atom. The lowest BCUT2D eigenvalue weighted by molar-refractivity contribution is -0.153. The number of anilines is 1. The van der Waals surface area contributed by atoms with E-state index in [1.54, 1.807) is 0 Å². The summed E-state index contributed by atoms with van der Waals surface area (Å²) in [6, 6.07) is -0.849. The number of hydrogen-bond acceptors (Lipinski definition) is 10. The molecule has 1 saturated heterocycles. The zero-order valence-electron chi connectivity index (χ0n) is 22.0. The molecular formula is C27H31FN4O8. The van der Waals surface area contributed by atoms with E-state index in [0.717, 1.165) is 18.9 Å². The predicted molar refractivity (Wildman–Crippen MR) is 138 cm³/mol. The quantitative estimate of drug-likeness (QED) is 0.197. The maximum atomic E-state index is 15.4. The van der Waals surface area contributed by atoms with Gasteiger partial charge in [0.15, 0.2) is 17.1 Å². The number of likely N-dealkylation sites (N-methyl/N-ethyl adjacent to an activating group) is 1. The minimum absolute atomic E-state index is 0.114. The molecule has 1 aromatic rings. The smallest absolute Gasteiger partial charge is 0.255 e. The molecule has 4 aliphatic rings. The van der Waals surface area contributed by atoms with Gasteiger partial charge in [-0.2, -0.15) is 0 Å². The van der Waals surface area contributed by atoms with E-state index >= 15 is 4.39 Å². The van der Waals surface area contributed by atoms with Gasteiger partial charge in [-0.15, -0.1) is 0 Å². The Bertz CT molecular complexity index is 1410. The van der Waals surface area contributed by atoms with Crippen LogP contribution in [0, 0.1) is 17.7 Å². The maximum Gasteiger partial charge on any atom is 0.255 e. The number of nitrogens with one attached hydrogen (secondary N) is 2. The third kappa shape index (κ3) is 3.91. The highest BCUT2D eigenvalue weighted by molar-refractivity contribution is 6.24. The number of phenols is 1. The van der Waals surface area contributed by atoms with E-state index in [1.807, 2.05) is 0 Å². The summed E-state index contributed by atoms with van der Waals surface area (Å²) in [6.07, 6.45) is 1.92. The van der Waals surface area contributed by atoms with E-state index in [2.05, 4.69) is 10.6 Å². The van der Waals surface area contributed by atoms with Gasteiger partial charge in [0.25, 0.3) is 5.91 Å². The second-order valence-electron chi connectivity index (χ2n) is 11.1. The number of aliphatic hydroxyl groups excluding tert-OH is 2. The first kappa shape index (κ1) is 27.7. The van der Waals surface area contributed by atoms with Crippen LogP contribution in [-0.2, 0) is 25.6 Å². The molecule has 3 aliphatic carbocycles. The van der Waals surface area contributed by atoms with Gasteiger partial charge >= 0.3 is 0 Å². The van der Waals surface area contributed by atoms with Crippen LogP contribution >= 0.6 is 0 Å². The number of amides is 2. The number of nitrogens with zero attached hydrogens (tertiary/aromatic N) is 1. The van der Waals surface area contributed by atoms with Crippen molar-refractivity contribution in [2.24, 2.45) is 17.6 Å². The van der Waals surface area contributed by atoms with Gasteiger partial charge in [0.2, 0.25) is 11.7 Å². The lowest BCUT2D eigenvalue weighted by Gasteiger charge is -2.50. The largest absolute Gasteiger partial charge is 0.508 e. The van der Waals surface area contributed by atoms with Gasteiger partial charge in [0.1, 0.15) is 22.9 Å². The maximum absolute atomic E-state index is 15.4. The molecule has 8 N–H and O–H groups in total. The van der Waals surface area contributed by atoms with Gasteiger partial charge in [-0.25, -0.2) is 4.39 Å². The Kier molecular flexibility index (Phi) is 6.71. The summed E-state index contributed by atoms with van der Waals surface area (Å²) >= 11 is 0. The van der Waals surface area contributed by atoms with Crippen LogP contribution in [0.15, 0.2) is 23.0 Å². The highest BCUT2D eigenvalue weighted by atomic mass is 19.1. The number of aliphatic hydroxyl groups is 3. The first-order valence-corrected chi connectivity index (χ1v) is 13.0. The fraction of sp³-hybridized carbons (Fsp3) is 0.481. The van der Waals surface area contributed by atoms with Gasteiger partial charge in [0, 0.05) is 23.1 Å². The molecule has 0 aromatic heterocycles. The first-order valence-electron chi connectivity index (χ1n) is 13.0. The topological polar surface area (TPSA) is 203 Å². The van der Waals surface area contributed by atoms with Crippen LogP contribution in [0.1, 0.15) is 36.8 Å². The molecule has 1 aromatic carbocycles. The fourth-order valence-electron chi connectivity index (χ4n) is 6.66. The van der Waals surface area contributed by atoms with Crippen molar-refractivity contribution in [3.8, 4) is 5.75 Å². The molecular weight excluding hydrogens is 527 g/mol. The number of aromatic hydroxyl groups is 1. The van der Waals surface area contributed by atoms with Gasteiger partial charge in [-0.05, 0) is 52.2 Å². The highest BCUT2D eigenvalue weighted by Gasteiger charge is 2.64. The molecule has 1 heterocycles. The number of fused-ring (bicyclic) bond motifs is 3. The van der Waals surface area contributed by atoms with Crippen molar-refractivity contribution in [1.82, 2.24) is 10.2 Å². The number of carbonyl (C=O) groups is 4. The molecule has 13 heteroatoms. The van der Waals surface area contributed by atoms with Crippen LogP contribution in [0.5, 0.6) is 5.75 Å². The normalized spacial score (nSPS) is 30.1. The third-order valence-electron chi connectivity index (χ3n) is 8.55. The zero-order chi connectivity index (χ0) is 29.3. The summed E-state index contributed by atoms with van der Waals surface area (Å²) < 4.78 is 15.4. The van der Waals surface area contributed by atoms with Crippen LogP contribution in [0.25, 0.3) is 5.76 Å². The molecule has 5 atom stereocenters. The minimum atomic E-state index is -2.79. The predicted octanol–water partition coefficient (Wildman–Crippen LogP) is 0.184. The first-order chi connectivity index (χ1) is 18.8. The van der Waals surface area contributed by atoms with Crippen LogP contribution in [0.4, 0.5) is 10.1 Å². The van der Waals surface area contributed by atoms with Crippen LogP contribution < -0.4 is 16.4 Å². The number of ketones is 2. The summed E-state index contributed by atoms with van der Waals surface area (Å²) in [5.41, 5.74) is 0.342. The number of hydrogen-bond donors (Lipinski definition) is 7. The number of phenolic OH excluding ortho intramolecular Hbond substituents is 1. The summed E-state index contributed by atoms with van der Waals surface area (Å²) in [5, 5.41) is 50.3. The summed E-state index contributed by atoms with van der Waals surface area (Å²) in [5.74, 6) is -9.63. The number of primary amides is 1. The number of benzene rings is 1.